The van der Waals surface area contributed by atoms with E-state index in [1.165, 1.54) is 13.3 Å². The summed E-state index contributed by atoms with van der Waals surface area (Å²) in [7, 11) is 1.34. The van der Waals surface area contributed by atoms with Crippen LogP contribution in [0.1, 0.15) is 12.8 Å². The summed E-state index contributed by atoms with van der Waals surface area (Å²) in [6.45, 7) is 0.988. The number of nitrogens with one attached hydrogen (secondary N) is 1. The molecular formula is C13H16ClN3O3. The summed E-state index contributed by atoms with van der Waals surface area (Å²) in [6, 6.07) is 3.30. The maximum absolute atomic E-state index is 12.1. The molecule has 1 saturated heterocycles. The number of amides is 2. The summed E-state index contributed by atoms with van der Waals surface area (Å²) < 4.78 is 4.68. The van der Waals surface area contributed by atoms with Crippen LogP contribution in [-0.2, 0) is 9.53 Å². The number of halogens is 1. The Morgan fingerprint density at radius 3 is 2.95 bits per heavy atom. The molecule has 1 atom stereocenters. The van der Waals surface area contributed by atoms with Gasteiger partial charge < -0.3 is 15.0 Å². The van der Waals surface area contributed by atoms with E-state index in [0.717, 1.165) is 12.8 Å². The Balaban J connectivity index is 1.95. The second-order valence-electron chi connectivity index (χ2n) is 4.61. The first-order chi connectivity index (χ1) is 9.60. The van der Waals surface area contributed by atoms with Gasteiger partial charge in [0.05, 0.1) is 18.1 Å². The predicted octanol–water partition coefficient (Wildman–Crippen LogP) is 2.15. The first-order valence-electron chi connectivity index (χ1n) is 6.35. The van der Waals surface area contributed by atoms with E-state index in [9.17, 15) is 9.59 Å². The van der Waals surface area contributed by atoms with Crippen molar-refractivity contribution in [2.45, 2.75) is 12.8 Å². The minimum absolute atomic E-state index is 0.145. The van der Waals surface area contributed by atoms with E-state index in [4.69, 9.17) is 11.6 Å². The monoisotopic (exact) mass is 297 g/mol. The topological polar surface area (TPSA) is 71.5 Å². The molecular weight excluding hydrogens is 282 g/mol. The van der Waals surface area contributed by atoms with E-state index in [1.807, 2.05) is 0 Å². The highest BCUT2D eigenvalue weighted by Crippen LogP contribution is 2.19. The molecule has 0 saturated carbocycles. The van der Waals surface area contributed by atoms with Gasteiger partial charge in [0.25, 0.3) is 0 Å². The molecule has 1 aromatic heterocycles. The first kappa shape index (κ1) is 14.6. The molecule has 7 heteroatoms. The van der Waals surface area contributed by atoms with Gasteiger partial charge in [0, 0.05) is 19.3 Å². The van der Waals surface area contributed by atoms with Crippen molar-refractivity contribution in [3.63, 3.8) is 0 Å². The summed E-state index contributed by atoms with van der Waals surface area (Å²) in [6.07, 6.45) is 2.60. The Morgan fingerprint density at radius 2 is 2.30 bits per heavy atom. The SMILES string of the molecule is COC(=O)N1CCCC(C(=O)Nc2ccc(Cl)cn2)C1. The number of likely N-dealkylation sites (tertiary alicyclic amines) is 1. The molecule has 0 aliphatic carbocycles. The fraction of sp³-hybridized carbons (Fsp3) is 0.462. The number of pyridine rings is 1. The fourth-order valence-corrected chi connectivity index (χ4v) is 2.28. The van der Waals surface area contributed by atoms with E-state index in [-0.39, 0.29) is 11.8 Å². The predicted molar refractivity (Wildman–Crippen MR) is 74.6 cm³/mol. The normalized spacial score (nSPS) is 18.5. The number of rotatable bonds is 2. The lowest BCUT2D eigenvalue weighted by Crippen LogP contribution is -2.43. The quantitative estimate of drug-likeness (QED) is 0.908. The van der Waals surface area contributed by atoms with E-state index in [0.29, 0.717) is 23.9 Å². The molecule has 0 bridgehead atoms. The van der Waals surface area contributed by atoms with Gasteiger partial charge in [-0.25, -0.2) is 9.78 Å². The van der Waals surface area contributed by atoms with Crippen molar-refractivity contribution >= 4 is 29.4 Å². The summed E-state index contributed by atoms with van der Waals surface area (Å²) in [5.41, 5.74) is 0. The third-order valence-corrected chi connectivity index (χ3v) is 3.43. The fourth-order valence-electron chi connectivity index (χ4n) is 2.16. The Kier molecular flexibility index (Phi) is 4.79. The van der Waals surface area contributed by atoms with E-state index in [1.54, 1.807) is 17.0 Å². The molecule has 108 valence electrons. The second kappa shape index (κ2) is 6.56. The van der Waals surface area contributed by atoms with Crippen molar-refractivity contribution in [3.05, 3.63) is 23.4 Å². The zero-order chi connectivity index (χ0) is 14.5. The van der Waals surface area contributed by atoms with Crippen LogP contribution in [0.2, 0.25) is 5.02 Å². The van der Waals surface area contributed by atoms with Crippen molar-refractivity contribution in [1.29, 1.82) is 0 Å². The molecule has 20 heavy (non-hydrogen) atoms. The first-order valence-corrected chi connectivity index (χ1v) is 6.73. The number of carbonyl (C=O) groups excluding carboxylic acids is 2. The van der Waals surface area contributed by atoms with Crippen LogP contribution in [0.4, 0.5) is 10.6 Å². The van der Waals surface area contributed by atoms with Gasteiger partial charge >= 0.3 is 6.09 Å². The zero-order valence-electron chi connectivity index (χ0n) is 11.1. The van der Waals surface area contributed by atoms with Gasteiger partial charge in [-0.15, -0.1) is 0 Å². The number of aromatic nitrogens is 1. The molecule has 1 aliphatic rings. The minimum atomic E-state index is -0.396. The number of methoxy groups -OCH3 is 1. The van der Waals surface area contributed by atoms with Crippen LogP contribution < -0.4 is 5.32 Å². The van der Waals surface area contributed by atoms with E-state index >= 15 is 0 Å². The number of anilines is 1. The third-order valence-electron chi connectivity index (χ3n) is 3.20. The van der Waals surface area contributed by atoms with Crippen molar-refractivity contribution in [2.75, 3.05) is 25.5 Å². The van der Waals surface area contributed by atoms with Crippen LogP contribution in [0, 0.1) is 5.92 Å². The highest BCUT2D eigenvalue weighted by molar-refractivity contribution is 6.30. The van der Waals surface area contributed by atoms with Gasteiger partial charge in [-0.1, -0.05) is 11.6 Å². The lowest BCUT2D eigenvalue weighted by Gasteiger charge is -2.30. The van der Waals surface area contributed by atoms with Crippen LogP contribution in [-0.4, -0.2) is 42.1 Å². The van der Waals surface area contributed by atoms with Crippen LogP contribution in [0.15, 0.2) is 18.3 Å². The second-order valence-corrected chi connectivity index (χ2v) is 5.04. The van der Waals surface area contributed by atoms with Crippen LogP contribution in [0.3, 0.4) is 0 Å². The highest BCUT2D eigenvalue weighted by atomic mass is 35.5. The highest BCUT2D eigenvalue weighted by Gasteiger charge is 2.28. The van der Waals surface area contributed by atoms with Crippen molar-refractivity contribution < 1.29 is 14.3 Å². The molecule has 6 nitrogen and oxygen atoms in total. The van der Waals surface area contributed by atoms with Gasteiger partial charge in [0.1, 0.15) is 5.82 Å². The average molecular weight is 298 g/mol. The molecule has 2 amide bonds. The summed E-state index contributed by atoms with van der Waals surface area (Å²) in [5.74, 6) is 0.0587. The molecule has 2 heterocycles. The largest absolute Gasteiger partial charge is 0.453 e. The third kappa shape index (κ3) is 3.60. The molecule has 0 radical (unpaired) electrons. The van der Waals surface area contributed by atoms with Gasteiger partial charge in [0.2, 0.25) is 5.91 Å². The van der Waals surface area contributed by atoms with E-state index in [2.05, 4.69) is 15.0 Å². The summed E-state index contributed by atoms with van der Waals surface area (Å²) >= 11 is 5.73. The Labute approximate surface area is 122 Å². The van der Waals surface area contributed by atoms with Gasteiger partial charge in [-0.05, 0) is 25.0 Å². The molecule has 1 aliphatic heterocycles. The maximum Gasteiger partial charge on any atom is 0.409 e. The molecule has 1 aromatic rings. The number of nitrogens with zero attached hydrogens (tertiary/aromatic N) is 2. The average Bonchev–Trinajstić information content (AvgIpc) is 2.49. The molecule has 0 spiro atoms. The number of ether oxygens (including phenoxy) is 1. The molecule has 0 aromatic carbocycles. The molecule has 1 N–H and O–H groups in total. The van der Waals surface area contributed by atoms with Crippen molar-refractivity contribution in [2.24, 2.45) is 5.92 Å². The lowest BCUT2D eigenvalue weighted by atomic mass is 9.97. The van der Waals surface area contributed by atoms with Crippen molar-refractivity contribution in [1.82, 2.24) is 9.88 Å². The Hall–Kier alpha value is -1.82. The number of hydrogen-bond donors (Lipinski definition) is 1. The van der Waals surface area contributed by atoms with E-state index < -0.39 is 6.09 Å². The Bertz CT molecular complexity index is 492. The minimum Gasteiger partial charge on any atom is -0.453 e. The van der Waals surface area contributed by atoms with Gasteiger partial charge in [-0.3, -0.25) is 4.79 Å². The van der Waals surface area contributed by atoms with Crippen LogP contribution >= 0.6 is 11.6 Å². The smallest absolute Gasteiger partial charge is 0.409 e. The van der Waals surface area contributed by atoms with Crippen LogP contribution in [0.25, 0.3) is 0 Å². The van der Waals surface area contributed by atoms with Gasteiger partial charge in [0.15, 0.2) is 0 Å². The Morgan fingerprint density at radius 1 is 1.50 bits per heavy atom. The van der Waals surface area contributed by atoms with Crippen LogP contribution in [0.5, 0.6) is 0 Å². The lowest BCUT2D eigenvalue weighted by molar-refractivity contribution is -0.121. The number of hydrogen-bond acceptors (Lipinski definition) is 4. The summed E-state index contributed by atoms with van der Waals surface area (Å²) in [4.78, 5) is 29.2. The van der Waals surface area contributed by atoms with Gasteiger partial charge in [-0.2, -0.15) is 0 Å². The molecule has 1 fully saturated rings. The number of piperidine rings is 1. The zero-order valence-corrected chi connectivity index (χ0v) is 11.9. The molecule has 2 rings (SSSR count). The van der Waals surface area contributed by atoms with Crippen molar-refractivity contribution in [3.8, 4) is 0 Å². The molecule has 1 unspecified atom stereocenters. The summed E-state index contributed by atoms with van der Waals surface area (Å²) in [5, 5.41) is 3.24. The maximum atomic E-state index is 12.1. The standard InChI is InChI=1S/C13H16ClN3O3/c1-20-13(19)17-6-2-3-9(8-17)12(18)16-11-5-4-10(14)7-15-11/h4-5,7,9H,2-3,6,8H2,1H3,(H,15,16,18). The number of carbonyl (C=O) groups is 2.